The van der Waals surface area contributed by atoms with Crippen LogP contribution < -0.4 is 24.6 Å². The first kappa shape index (κ1) is 17.6. The summed E-state index contributed by atoms with van der Waals surface area (Å²) >= 11 is 1.30. The van der Waals surface area contributed by atoms with Crippen molar-refractivity contribution in [1.82, 2.24) is 15.6 Å². The zero-order chi connectivity index (χ0) is 17.5. The lowest BCUT2D eigenvalue weighted by Gasteiger charge is -2.17. The SMILES string of the molecule is COc1cc(/C=N/NC(=O)CSc2[nH]nc[n+]2C)cc(OC)c1[O-]. The number of carbonyl (C=O) groups excluding carboxylic acids is 1. The summed E-state index contributed by atoms with van der Waals surface area (Å²) in [6.07, 6.45) is 3.02. The van der Waals surface area contributed by atoms with Gasteiger partial charge in [-0.25, -0.2) is 9.99 Å². The maximum atomic E-state index is 11.8. The molecular weight excluding hydrogens is 334 g/mol. The van der Waals surface area contributed by atoms with Crippen LogP contribution in [-0.2, 0) is 11.8 Å². The third-order valence-electron chi connectivity index (χ3n) is 2.94. The van der Waals surface area contributed by atoms with E-state index in [0.29, 0.717) is 5.56 Å². The van der Waals surface area contributed by atoms with Crippen LogP contribution in [0.15, 0.2) is 28.7 Å². The molecule has 10 heteroatoms. The molecule has 0 atom stereocenters. The van der Waals surface area contributed by atoms with Gasteiger partial charge < -0.3 is 14.6 Å². The maximum absolute atomic E-state index is 11.8. The fourth-order valence-electron chi connectivity index (χ4n) is 1.76. The Labute approximate surface area is 142 Å². The number of methoxy groups -OCH3 is 2. The molecule has 0 aliphatic carbocycles. The second-order valence-electron chi connectivity index (χ2n) is 4.61. The first-order valence-electron chi connectivity index (χ1n) is 6.82. The third kappa shape index (κ3) is 4.38. The predicted molar refractivity (Wildman–Crippen MR) is 85.2 cm³/mol. The summed E-state index contributed by atoms with van der Waals surface area (Å²) in [6.45, 7) is 0. The minimum atomic E-state index is -0.343. The highest BCUT2D eigenvalue weighted by atomic mass is 32.2. The number of hydrogen-bond acceptors (Lipinski definition) is 7. The second-order valence-corrected chi connectivity index (χ2v) is 5.57. The van der Waals surface area contributed by atoms with E-state index in [1.807, 2.05) is 7.05 Å². The first-order valence-corrected chi connectivity index (χ1v) is 7.80. The lowest BCUT2D eigenvalue weighted by Crippen LogP contribution is -2.28. The van der Waals surface area contributed by atoms with E-state index >= 15 is 0 Å². The van der Waals surface area contributed by atoms with Crippen LogP contribution in [0, 0.1) is 0 Å². The number of hydrazone groups is 1. The Morgan fingerprint density at radius 2 is 2.12 bits per heavy atom. The molecule has 128 valence electrons. The molecule has 0 fully saturated rings. The molecule has 0 aliphatic heterocycles. The highest BCUT2D eigenvalue weighted by molar-refractivity contribution is 7.99. The lowest BCUT2D eigenvalue weighted by atomic mass is 10.2. The standard InChI is InChI=1S/C14H17N5O4S/c1-19-8-16-18-14(19)24-7-12(20)17-15-6-9-4-10(22-2)13(21)11(5-9)23-3/h4-6,8H,7H2,1-3H3,(H2,15,17,20,21). The van der Waals surface area contributed by atoms with Crippen LogP contribution in [0.1, 0.15) is 5.56 Å². The lowest BCUT2D eigenvalue weighted by molar-refractivity contribution is -0.709. The van der Waals surface area contributed by atoms with Crippen LogP contribution >= 0.6 is 11.8 Å². The van der Waals surface area contributed by atoms with Crippen molar-refractivity contribution in [3.63, 3.8) is 0 Å². The summed E-state index contributed by atoms with van der Waals surface area (Å²) in [5.74, 6) is -0.149. The Morgan fingerprint density at radius 1 is 1.46 bits per heavy atom. The number of nitrogens with one attached hydrogen (secondary N) is 2. The number of nitrogens with zero attached hydrogens (tertiary/aromatic N) is 3. The van der Waals surface area contributed by atoms with Gasteiger partial charge in [-0.05, 0) is 29.6 Å². The van der Waals surface area contributed by atoms with Gasteiger partial charge in [-0.1, -0.05) is 0 Å². The number of aromatic amines is 1. The summed E-state index contributed by atoms with van der Waals surface area (Å²) < 4.78 is 11.7. The van der Waals surface area contributed by atoms with Gasteiger partial charge in [0, 0.05) is 10.7 Å². The van der Waals surface area contributed by atoms with E-state index in [1.165, 1.54) is 44.3 Å². The molecule has 0 saturated heterocycles. The fraction of sp³-hybridized carbons (Fsp3) is 0.286. The van der Waals surface area contributed by atoms with Gasteiger partial charge in [-0.2, -0.15) is 5.10 Å². The normalized spacial score (nSPS) is 10.8. The number of H-pyrrole nitrogens is 1. The number of rotatable bonds is 7. The number of benzene rings is 1. The van der Waals surface area contributed by atoms with Crippen molar-refractivity contribution >= 4 is 23.9 Å². The minimum Gasteiger partial charge on any atom is -0.867 e. The van der Waals surface area contributed by atoms with Crippen molar-refractivity contribution in [2.24, 2.45) is 12.1 Å². The molecule has 2 aromatic rings. The molecule has 0 radical (unpaired) electrons. The van der Waals surface area contributed by atoms with Crippen molar-refractivity contribution in [1.29, 1.82) is 0 Å². The average Bonchev–Trinajstić information content (AvgIpc) is 2.99. The van der Waals surface area contributed by atoms with Crippen LogP contribution in [0.3, 0.4) is 0 Å². The maximum Gasteiger partial charge on any atom is 0.293 e. The summed E-state index contributed by atoms with van der Waals surface area (Å²) in [4.78, 5) is 11.8. The van der Waals surface area contributed by atoms with Crippen LogP contribution in [-0.4, -0.2) is 42.3 Å². The summed E-state index contributed by atoms with van der Waals surface area (Å²) in [5.41, 5.74) is 2.97. The van der Waals surface area contributed by atoms with E-state index in [0.717, 1.165) is 5.16 Å². The van der Waals surface area contributed by atoms with Gasteiger partial charge in [-0.15, -0.1) is 5.10 Å². The molecule has 1 aromatic carbocycles. The largest absolute Gasteiger partial charge is 0.867 e. The molecule has 0 unspecified atom stereocenters. The highest BCUT2D eigenvalue weighted by Crippen LogP contribution is 2.34. The molecule has 1 aromatic heterocycles. The molecule has 2 rings (SSSR count). The Hall–Kier alpha value is -2.75. The third-order valence-corrected chi connectivity index (χ3v) is 4.00. The van der Waals surface area contributed by atoms with E-state index in [9.17, 15) is 9.90 Å². The second kappa shape index (κ2) is 8.20. The Kier molecular flexibility index (Phi) is 6.01. The van der Waals surface area contributed by atoms with Gasteiger partial charge in [0.25, 0.3) is 17.4 Å². The van der Waals surface area contributed by atoms with Gasteiger partial charge >= 0.3 is 0 Å². The number of hydrogen-bond donors (Lipinski definition) is 2. The van der Waals surface area contributed by atoms with Crippen molar-refractivity contribution < 1.29 is 23.9 Å². The van der Waals surface area contributed by atoms with Crippen LogP contribution in [0.4, 0.5) is 0 Å². The molecule has 1 amide bonds. The number of thioether (sulfide) groups is 1. The molecule has 2 N–H and O–H groups in total. The van der Waals surface area contributed by atoms with Crippen molar-refractivity contribution in [2.45, 2.75) is 5.16 Å². The van der Waals surface area contributed by atoms with Crippen LogP contribution in [0.2, 0.25) is 0 Å². The molecule has 1 heterocycles. The summed E-state index contributed by atoms with van der Waals surface area (Å²) in [5, 5.41) is 23.1. The Bertz CT molecular complexity index is 722. The molecule has 9 nitrogen and oxygen atoms in total. The van der Waals surface area contributed by atoms with E-state index in [4.69, 9.17) is 9.47 Å². The van der Waals surface area contributed by atoms with E-state index in [2.05, 4.69) is 20.7 Å². The van der Waals surface area contributed by atoms with Crippen LogP contribution in [0.25, 0.3) is 0 Å². The number of aromatic nitrogens is 3. The zero-order valence-electron chi connectivity index (χ0n) is 13.4. The molecule has 0 spiro atoms. The summed E-state index contributed by atoms with van der Waals surface area (Å²) in [6, 6.07) is 3.03. The van der Waals surface area contributed by atoms with E-state index in [-0.39, 0.29) is 28.9 Å². The smallest absolute Gasteiger partial charge is 0.293 e. The zero-order valence-corrected chi connectivity index (χ0v) is 14.2. The fourth-order valence-corrected chi connectivity index (χ4v) is 2.46. The monoisotopic (exact) mass is 351 g/mol. The number of carbonyl (C=O) groups is 1. The first-order chi connectivity index (χ1) is 11.5. The average molecular weight is 351 g/mol. The Morgan fingerprint density at radius 3 is 2.67 bits per heavy atom. The van der Waals surface area contributed by atoms with Gasteiger partial charge in [-0.3, -0.25) is 4.79 Å². The van der Waals surface area contributed by atoms with Crippen molar-refractivity contribution in [3.8, 4) is 17.2 Å². The highest BCUT2D eigenvalue weighted by Gasteiger charge is 2.10. The molecule has 0 bridgehead atoms. The van der Waals surface area contributed by atoms with E-state index < -0.39 is 0 Å². The minimum absolute atomic E-state index is 0.143. The van der Waals surface area contributed by atoms with Gasteiger partial charge in [0.15, 0.2) is 0 Å². The quantitative estimate of drug-likeness (QED) is 0.303. The van der Waals surface area contributed by atoms with Crippen molar-refractivity contribution in [2.75, 3.05) is 20.0 Å². The molecule has 0 aliphatic rings. The number of amides is 1. The number of aryl methyl sites for hydroxylation is 1. The van der Waals surface area contributed by atoms with Crippen LogP contribution in [0.5, 0.6) is 17.2 Å². The number of ether oxygens (including phenoxy) is 2. The predicted octanol–water partition coefficient (Wildman–Crippen LogP) is -0.433. The Balaban J connectivity index is 1.93. The molecule has 0 saturated carbocycles. The summed E-state index contributed by atoms with van der Waals surface area (Å²) in [7, 11) is 4.61. The van der Waals surface area contributed by atoms with Gasteiger partial charge in [0.2, 0.25) is 0 Å². The van der Waals surface area contributed by atoms with Crippen molar-refractivity contribution in [3.05, 3.63) is 24.0 Å². The molecular formula is C14H17N5O4S. The molecule has 24 heavy (non-hydrogen) atoms. The van der Waals surface area contributed by atoms with Gasteiger partial charge in [0.05, 0.1) is 33.2 Å². The van der Waals surface area contributed by atoms with Gasteiger partial charge in [0.1, 0.15) is 11.5 Å². The van der Waals surface area contributed by atoms with E-state index in [1.54, 1.807) is 10.9 Å². The topological polar surface area (TPSA) is 116 Å².